The van der Waals surface area contributed by atoms with Gasteiger partial charge in [-0.15, -0.1) is 11.3 Å². The van der Waals surface area contributed by atoms with Crippen molar-refractivity contribution >= 4 is 39.5 Å². The molecule has 5 nitrogen and oxygen atoms in total. The number of aromatic amines is 1. The number of carbonyl (C=O) groups excluding carboxylic acids is 1. The van der Waals surface area contributed by atoms with Crippen LogP contribution in [-0.2, 0) is 6.42 Å². The van der Waals surface area contributed by atoms with Crippen LogP contribution in [-0.4, -0.2) is 27.2 Å². The first kappa shape index (κ1) is 14.6. The number of rotatable bonds is 5. The molecule has 1 aliphatic carbocycles. The highest BCUT2D eigenvalue weighted by Gasteiger charge is 2.27. The number of hydrogen-bond acceptors (Lipinski definition) is 4. The molecule has 1 aliphatic rings. The highest BCUT2D eigenvalue weighted by molar-refractivity contribution is 7.71. The zero-order valence-electron chi connectivity index (χ0n) is 12.4. The maximum absolute atomic E-state index is 12.4. The monoisotopic (exact) mass is 344 g/mol. The summed E-state index contributed by atoms with van der Waals surface area (Å²) in [6.45, 7) is 0.551. The van der Waals surface area contributed by atoms with Crippen LogP contribution in [0, 0.1) is 4.77 Å². The molecule has 0 aliphatic heterocycles. The number of aromatic nitrogens is 3. The molecule has 0 atom stereocenters. The van der Waals surface area contributed by atoms with E-state index in [2.05, 4.69) is 20.1 Å². The molecule has 23 heavy (non-hydrogen) atoms. The third-order valence-corrected chi connectivity index (χ3v) is 5.30. The van der Waals surface area contributed by atoms with E-state index >= 15 is 0 Å². The number of nitrogens with one attached hydrogen (secondary N) is 2. The van der Waals surface area contributed by atoms with Crippen molar-refractivity contribution in [2.24, 2.45) is 0 Å². The van der Waals surface area contributed by atoms with Crippen LogP contribution < -0.4 is 5.32 Å². The van der Waals surface area contributed by atoms with E-state index in [1.807, 2.05) is 29.6 Å². The molecule has 1 fully saturated rings. The second kappa shape index (κ2) is 5.90. The van der Waals surface area contributed by atoms with Gasteiger partial charge in [-0.25, -0.2) is 0 Å². The summed E-state index contributed by atoms with van der Waals surface area (Å²) < 4.78 is 3.89. The summed E-state index contributed by atoms with van der Waals surface area (Å²) in [6.07, 6.45) is 3.00. The Bertz CT molecular complexity index is 919. The Labute approximate surface area is 142 Å². The number of benzene rings is 1. The molecular formula is C16H16N4OS2. The van der Waals surface area contributed by atoms with E-state index in [0.717, 1.165) is 34.3 Å². The molecule has 1 saturated carbocycles. The van der Waals surface area contributed by atoms with Crippen LogP contribution in [0.15, 0.2) is 29.6 Å². The molecule has 0 unspecified atom stereocenters. The van der Waals surface area contributed by atoms with Crippen LogP contribution in [0.3, 0.4) is 0 Å². The number of hydrogen-bond donors (Lipinski definition) is 2. The van der Waals surface area contributed by atoms with Gasteiger partial charge in [0, 0.05) is 34.5 Å². The topological polar surface area (TPSA) is 62.7 Å². The van der Waals surface area contributed by atoms with Gasteiger partial charge in [0.2, 0.25) is 0 Å². The molecule has 7 heteroatoms. The minimum absolute atomic E-state index is 0.0328. The normalized spacial score (nSPS) is 14.3. The van der Waals surface area contributed by atoms with E-state index in [0.29, 0.717) is 23.8 Å². The highest BCUT2D eigenvalue weighted by atomic mass is 32.1. The van der Waals surface area contributed by atoms with Crippen molar-refractivity contribution in [3.05, 3.63) is 45.8 Å². The molecular weight excluding hydrogens is 328 g/mol. The average Bonchev–Trinajstić information content (AvgIpc) is 3.18. The molecule has 0 spiro atoms. The summed E-state index contributed by atoms with van der Waals surface area (Å²) in [7, 11) is 0. The van der Waals surface area contributed by atoms with Gasteiger partial charge in [-0.1, -0.05) is 18.2 Å². The highest BCUT2D eigenvalue weighted by Crippen LogP contribution is 2.35. The molecule has 2 heterocycles. The van der Waals surface area contributed by atoms with Gasteiger partial charge in [-0.2, -0.15) is 5.10 Å². The summed E-state index contributed by atoms with van der Waals surface area (Å²) in [5, 5.41) is 13.1. The summed E-state index contributed by atoms with van der Waals surface area (Å²) in [5.41, 5.74) is 0.742. The van der Waals surface area contributed by atoms with E-state index in [9.17, 15) is 4.79 Å². The van der Waals surface area contributed by atoms with E-state index in [1.54, 1.807) is 11.3 Å². The maximum atomic E-state index is 12.4. The maximum Gasteiger partial charge on any atom is 0.252 e. The van der Waals surface area contributed by atoms with Crippen LogP contribution in [0.4, 0.5) is 0 Å². The fourth-order valence-corrected chi connectivity index (χ4v) is 4.00. The van der Waals surface area contributed by atoms with Crippen LogP contribution >= 0.6 is 23.6 Å². The van der Waals surface area contributed by atoms with E-state index < -0.39 is 0 Å². The molecule has 2 aromatic heterocycles. The van der Waals surface area contributed by atoms with Crippen molar-refractivity contribution in [2.75, 3.05) is 6.54 Å². The zero-order chi connectivity index (χ0) is 15.8. The minimum Gasteiger partial charge on any atom is -0.352 e. The number of H-pyrrole nitrogens is 1. The van der Waals surface area contributed by atoms with E-state index in [-0.39, 0.29) is 5.91 Å². The molecule has 1 aromatic carbocycles. The summed E-state index contributed by atoms with van der Waals surface area (Å²) >= 11 is 6.86. The lowest BCUT2D eigenvalue weighted by atomic mass is 10.1. The van der Waals surface area contributed by atoms with Crippen molar-refractivity contribution in [2.45, 2.75) is 25.3 Å². The van der Waals surface area contributed by atoms with Gasteiger partial charge in [0.1, 0.15) is 5.82 Å². The third-order valence-electron chi connectivity index (χ3n) is 4.05. The van der Waals surface area contributed by atoms with Crippen LogP contribution in [0.1, 0.15) is 35.1 Å². The van der Waals surface area contributed by atoms with Crippen molar-refractivity contribution in [1.29, 1.82) is 0 Å². The molecule has 2 N–H and O–H groups in total. The zero-order valence-corrected chi connectivity index (χ0v) is 14.0. The molecule has 4 rings (SSSR count). The lowest BCUT2D eigenvalue weighted by Gasteiger charge is -2.06. The number of nitrogens with zero attached hydrogens (tertiary/aromatic N) is 2. The lowest BCUT2D eigenvalue weighted by Crippen LogP contribution is -2.26. The summed E-state index contributed by atoms with van der Waals surface area (Å²) in [5.74, 6) is 0.891. The number of amides is 1. The number of fused-ring (bicyclic) bond motifs is 1. The first-order valence-corrected chi connectivity index (χ1v) is 8.93. The lowest BCUT2D eigenvalue weighted by molar-refractivity contribution is 0.0956. The molecule has 118 valence electrons. The minimum atomic E-state index is -0.0328. The molecule has 0 radical (unpaired) electrons. The van der Waals surface area contributed by atoms with Crippen molar-refractivity contribution in [3.8, 4) is 0 Å². The van der Waals surface area contributed by atoms with Gasteiger partial charge < -0.3 is 9.88 Å². The van der Waals surface area contributed by atoms with Crippen LogP contribution in [0.5, 0.6) is 0 Å². The largest absolute Gasteiger partial charge is 0.352 e. The molecule has 1 amide bonds. The van der Waals surface area contributed by atoms with Gasteiger partial charge in [0.15, 0.2) is 4.77 Å². The Morgan fingerprint density at radius 3 is 3.09 bits per heavy atom. The second-order valence-electron chi connectivity index (χ2n) is 5.70. The van der Waals surface area contributed by atoms with Gasteiger partial charge in [0.05, 0.1) is 5.56 Å². The Kier molecular flexibility index (Phi) is 3.74. The molecule has 3 aromatic rings. The third kappa shape index (κ3) is 2.82. The second-order valence-corrected chi connectivity index (χ2v) is 7.00. The fourth-order valence-electron chi connectivity index (χ4n) is 2.76. The van der Waals surface area contributed by atoms with E-state index in [4.69, 9.17) is 12.2 Å². The van der Waals surface area contributed by atoms with Crippen molar-refractivity contribution in [3.63, 3.8) is 0 Å². The Morgan fingerprint density at radius 2 is 2.26 bits per heavy atom. The van der Waals surface area contributed by atoms with Crippen molar-refractivity contribution < 1.29 is 4.79 Å². The smallest absolute Gasteiger partial charge is 0.252 e. The first-order chi connectivity index (χ1) is 11.2. The Balaban J connectivity index is 1.43. The quantitative estimate of drug-likeness (QED) is 0.697. The van der Waals surface area contributed by atoms with Gasteiger partial charge in [-0.05, 0) is 31.1 Å². The fraction of sp³-hybridized carbons (Fsp3) is 0.312. The number of thiophene rings is 1. The first-order valence-electron chi connectivity index (χ1n) is 7.64. The van der Waals surface area contributed by atoms with Gasteiger partial charge in [-0.3, -0.25) is 9.89 Å². The van der Waals surface area contributed by atoms with Crippen molar-refractivity contribution in [1.82, 2.24) is 20.1 Å². The summed E-state index contributed by atoms with van der Waals surface area (Å²) in [4.78, 5) is 12.4. The Morgan fingerprint density at radius 1 is 1.43 bits per heavy atom. The SMILES string of the molecule is O=C(NCCc1n[nH]c(=S)n1C1CC1)c1csc2ccccc12. The summed E-state index contributed by atoms with van der Waals surface area (Å²) in [6, 6.07) is 8.46. The molecule has 0 saturated heterocycles. The predicted molar refractivity (Wildman–Crippen MR) is 93.5 cm³/mol. The Hall–Kier alpha value is -1.99. The predicted octanol–water partition coefficient (Wildman–Crippen LogP) is 3.46. The molecule has 0 bridgehead atoms. The number of carbonyl (C=O) groups is 1. The average molecular weight is 344 g/mol. The van der Waals surface area contributed by atoms with Gasteiger partial charge >= 0.3 is 0 Å². The van der Waals surface area contributed by atoms with Gasteiger partial charge in [0.25, 0.3) is 5.91 Å². The standard InChI is InChI=1S/C16H16N4OS2/c21-15(12-9-23-13-4-2-1-3-11(12)13)17-8-7-14-18-19-16(22)20(14)10-5-6-10/h1-4,9-10H,5-8H2,(H,17,21)(H,19,22). The van der Waals surface area contributed by atoms with Crippen LogP contribution in [0.25, 0.3) is 10.1 Å². The van der Waals surface area contributed by atoms with E-state index in [1.165, 1.54) is 0 Å². The van der Waals surface area contributed by atoms with Crippen LogP contribution in [0.2, 0.25) is 0 Å².